The molecule has 0 aliphatic heterocycles. The van der Waals surface area contributed by atoms with Gasteiger partial charge in [-0.15, -0.1) is 0 Å². The normalized spacial score (nSPS) is 15.3. The van der Waals surface area contributed by atoms with Crippen molar-refractivity contribution in [2.24, 2.45) is 0 Å². The number of nitrogens with one attached hydrogen (secondary N) is 1. The van der Waals surface area contributed by atoms with Gasteiger partial charge in [0.15, 0.2) is 0 Å². The Balaban J connectivity index is 2.43. The van der Waals surface area contributed by atoms with Crippen LogP contribution in [0.2, 0.25) is 0 Å². The molecule has 2 N–H and O–H groups in total. The summed E-state index contributed by atoms with van der Waals surface area (Å²) in [7, 11) is 0. The molecule has 1 aliphatic carbocycles. The zero-order valence-electron chi connectivity index (χ0n) is 7.32. The Kier molecular flexibility index (Phi) is 3.17. The summed E-state index contributed by atoms with van der Waals surface area (Å²) in [6, 6.07) is 0. The lowest BCUT2D eigenvalue weighted by Gasteiger charge is -2.04. The summed E-state index contributed by atoms with van der Waals surface area (Å²) >= 11 is 0. The second-order valence-electron chi connectivity index (χ2n) is 2.76. The van der Waals surface area contributed by atoms with E-state index >= 15 is 0 Å². The molecule has 0 saturated carbocycles. The molecule has 0 bridgehead atoms. The van der Waals surface area contributed by atoms with Crippen LogP contribution in [-0.4, -0.2) is 29.3 Å². The fourth-order valence-corrected chi connectivity index (χ4v) is 1.02. The van der Waals surface area contributed by atoms with Gasteiger partial charge in [-0.05, 0) is 24.1 Å². The predicted octanol–water partition coefficient (Wildman–Crippen LogP) is 0.278. The van der Waals surface area contributed by atoms with Gasteiger partial charge in [-0.3, -0.25) is 9.59 Å². The fourth-order valence-electron chi connectivity index (χ4n) is 1.02. The van der Waals surface area contributed by atoms with E-state index in [4.69, 9.17) is 5.11 Å². The highest BCUT2D eigenvalue weighted by Crippen LogP contribution is 2.07. The number of allylic oxidation sites excluding steroid dienone is 3. The van der Waals surface area contributed by atoms with Gasteiger partial charge in [-0.1, -0.05) is 6.08 Å². The average molecular weight is 195 g/mol. The SMILES string of the molecule is O=C(O)NCCC1=CC(=O)C(=O)C=C1. The van der Waals surface area contributed by atoms with E-state index in [1.807, 2.05) is 0 Å². The molecule has 0 spiro atoms. The second-order valence-corrected chi connectivity index (χ2v) is 2.76. The summed E-state index contributed by atoms with van der Waals surface area (Å²) in [5.74, 6) is -1.10. The maximum absolute atomic E-state index is 10.9. The van der Waals surface area contributed by atoms with Crippen LogP contribution in [0, 0.1) is 0 Å². The Morgan fingerprint density at radius 1 is 1.29 bits per heavy atom. The summed E-state index contributed by atoms with van der Waals surface area (Å²) in [6.07, 6.45) is 3.24. The zero-order chi connectivity index (χ0) is 10.6. The molecule has 0 unspecified atom stereocenters. The Morgan fingerprint density at radius 3 is 2.57 bits per heavy atom. The van der Waals surface area contributed by atoms with Crippen molar-refractivity contribution in [3.63, 3.8) is 0 Å². The molecule has 5 heteroatoms. The molecule has 0 radical (unpaired) electrons. The molecule has 1 amide bonds. The van der Waals surface area contributed by atoms with Crippen molar-refractivity contribution >= 4 is 17.7 Å². The highest BCUT2D eigenvalue weighted by Gasteiger charge is 2.12. The highest BCUT2D eigenvalue weighted by atomic mass is 16.4. The minimum atomic E-state index is -1.10. The lowest BCUT2D eigenvalue weighted by atomic mass is 10.0. The van der Waals surface area contributed by atoms with E-state index < -0.39 is 17.7 Å². The quantitative estimate of drug-likeness (QED) is 0.500. The fraction of sp³-hybridized carbons (Fsp3) is 0.222. The van der Waals surface area contributed by atoms with Gasteiger partial charge in [0.25, 0.3) is 0 Å². The Morgan fingerprint density at radius 2 is 2.00 bits per heavy atom. The van der Waals surface area contributed by atoms with Gasteiger partial charge < -0.3 is 10.4 Å². The van der Waals surface area contributed by atoms with Gasteiger partial charge in [0.1, 0.15) is 0 Å². The summed E-state index contributed by atoms with van der Waals surface area (Å²) in [6.45, 7) is 0.229. The monoisotopic (exact) mass is 195 g/mol. The molecule has 0 saturated heterocycles. The topological polar surface area (TPSA) is 83.5 Å². The van der Waals surface area contributed by atoms with Gasteiger partial charge in [0.2, 0.25) is 11.6 Å². The third-order valence-electron chi connectivity index (χ3n) is 1.70. The zero-order valence-corrected chi connectivity index (χ0v) is 7.32. The first-order chi connectivity index (χ1) is 6.59. The van der Waals surface area contributed by atoms with Crippen molar-refractivity contribution in [1.82, 2.24) is 5.32 Å². The van der Waals surface area contributed by atoms with E-state index in [1.54, 1.807) is 0 Å². The number of hydrogen-bond donors (Lipinski definition) is 2. The minimum absolute atomic E-state index is 0.229. The first-order valence-electron chi connectivity index (χ1n) is 4.03. The highest BCUT2D eigenvalue weighted by molar-refractivity contribution is 6.46. The third-order valence-corrected chi connectivity index (χ3v) is 1.70. The molecular weight excluding hydrogens is 186 g/mol. The number of ketones is 2. The predicted molar refractivity (Wildman–Crippen MR) is 47.9 cm³/mol. The van der Waals surface area contributed by atoms with Gasteiger partial charge in [-0.25, -0.2) is 4.79 Å². The summed E-state index contributed by atoms with van der Waals surface area (Å²) in [5.41, 5.74) is 0.656. The van der Waals surface area contributed by atoms with Crippen LogP contribution in [0.15, 0.2) is 23.8 Å². The number of rotatable bonds is 3. The molecule has 1 rings (SSSR count). The van der Waals surface area contributed by atoms with Crippen LogP contribution in [0.5, 0.6) is 0 Å². The van der Waals surface area contributed by atoms with Crippen molar-refractivity contribution in [3.8, 4) is 0 Å². The number of amides is 1. The lowest BCUT2D eigenvalue weighted by molar-refractivity contribution is -0.131. The summed E-state index contributed by atoms with van der Waals surface area (Å²) in [4.78, 5) is 31.7. The van der Waals surface area contributed by atoms with Crippen LogP contribution in [0.4, 0.5) is 4.79 Å². The smallest absolute Gasteiger partial charge is 0.404 e. The Hall–Kier alpha value is -1.91. The Bertz CT molecular complexity index is 341. The maximum Gasteiger partial charge on any atom is 0.404 e. The third kappa shape index (κ3) is 2.85. The maximum atomic E-state index is 10.9. The summed E-state index contributed by atoms with van der Waals surface area (Å²) < 4.78 is 0. The van der Waals surface area contributed by atoms with E-state index in [-0.39, 0.29) is 6.54 Å². The first-order valence-corrected chi connectivity index (χ1v) is 4.03. The van der Waals surface area contributed by atoms with Crippen LogP contribution in [-0.2, 0) is 9.59 Å². The van der Waals surface area contributed by atoms with Crippen molar-refractivity contribution in [3.05, 3.63) is 23.8 Å². The van der Waals surface area contributed by atoms with Crippen LogP contribution >= 0.6 is 0 Å². The molecule has 0 atom stereocenters. The number of hydrogen-bond acceptors (Lipinski definition) is 3. The van der Waals surface area contributed by atoms with Crippen molar-refractivity contribution in [1.29, 1.82) is 0 Å². The van der Waals surface area contributed by atoms with E-state index in [1.165, 1.54) is 18.2 Å². The lowest BCUT2D eigenvalue weighted by Crippen LogP contribution is -2.22. The number of carbonyl (C=O) groups is 3. The molecule has 0 fully saturated rings. The molecule has 1 aliphatic rings. The van der Waals surface area contributed by atoms with Crippen molar-refractivity contribution < 1.29 is 19.5 Å². The van der Waals surface area contributed by atoms with Gasteiger partial charge in [-0.2, -0.15) is 0 Å². The Labute approximate surface area is 80.1 Å². The number of carbonyl (C=O) groups excluding carboxylic acids is 2. The average Bonchev–Trinajstić information content (AvgIpc) is 2.10. The molecule has 0 heterocycles. The van der Waals surface area contributed by atoms with E-state index in [2.05, 4.69) is 5.32 Å². The molecule has 0 aromatic rings. The van der Waals surface area contributed by atoms with Crippen molar-refractivity contribution in [2.75, 3.05) is 6.54 Å². The first kappa shape index (κ1) is 10.2. The van der Waals surface area contributed by atoms with Gasteiger partial charge >= 0.3 is 6.09 Å². The van der Waals surface area contributed by atoms with Gasteiger partial charge in [0.05, 0.1) is 0 Å². The minimum Gasteiger partial charge on any atom is -0.465 e. The van der Waals surface area contributed by atoms with Crippen LogP contribution in [0.3, 0.4) is 0 Å². The molecule has 0 aromatic carbocycles. The molecule has 74 valence electrons. The van der Waals surface area contributed by atoms with Gasteiger partial charge in [0, 0.05) is 6.54 Å². The van der Waals surface area contributed by atoms with E-state index in [0.29, 0.717) is 12.0 Å². The summed E-state index contributed by atoms with van der Waals surface area (Å²) in [5, 5.41) is 10.4. The molecule has 14 heavy (non-hydrogen) atoms. The standard InChI is InChI=1S/C9H9NO4/c11-7-2-1-6(5-8(7)12)3-4-10-9(13)14/h1-2,5,10H,3-4H2,(H,13,14). The molecular formula is C9H9NO4. The largest absolute Gasteiger partial charge is 0.465 e. The molecule has 0 aromatic heterocycles. The van der Waals surface area contributed by atoms with Crippen LogP contribution in [0.1, 0.15) is 6.42 Å². The van der Waals surface area contributed by atoms with Crippen molar-refractivity contribution in [2.45, 2.75) is 6.42 Å². The van der Waals surface area contributed by atoms with E-state index in [0.717, 1.165) is 0 Å². The van der Waals surface area contributed by atoms with E-state index in [9.17, 15) is 14.4 Å². The number of carboxylic acid groups (broad SMARTS) is 1. The second kappa shape index (κ2) is 4.36. The van der Waals surface area contributed by atoms with Crippen LogP contribution < -0.4 is 5.32 Å². The van der Waals surface area contributed by atoms with Crippen LogP contribution in [0.25, 0.3) is 0 Å². The molecule has 5 nitrogen and oxygen atoms in total.